The van der Waals surface area contributed by atoms with Crippen molar-refractivity contribution in [1.29, 1.82) is 0 Å². The summed E-state index contributed by atoms with van der Waals surface area (Å²) in [6.45, 7) is 8.84. The van der Waals surface area contributed by atoms with Crippen LogP contribution in [0.1, 0.15) is 38.1 Å². The van der Waals surface area contributed by atoms with E-state index in [4.69, 9.17) is 4.74 Å². The number of ether oxygens (including phenoxy) is 1. The second-order valence-corrected chi connectivity index (χ2v) is 7.09. The van der Waals surface area contributed by atoms with Gasteiger partial charge in [0.25, 0.3) is 5.69 Å². The molecule has 8 nitrogen and oxygen atoms in total. The molecule has 0 spiro atoms. The fourth-order valence-electron chi connectivity index (χ4n) is 2.81. The van der Waals surface area contributed by atoms with Gasteiger partial charge in [-0.15, -0.1) is 0 Å². The lowest BCUT2D eigenvalue weighted by Gasteiger charge is -2.41. The molecule has 1 atom stereocenters. The number of benzene rings is 1. The summed E-state index contributed by atoms with van der Waals surface area (Å²) in [5.41, 5.74) is 0.228. The molecule has 8 heteroatoms. The number of aldehydes is 1. The Balaban J connectivity index is 2.14. The quantitative estimate of drug-likeness (QED) is 0.473. The first-order valence-corrected chi connectivity index (χ1v) is 8.10. The van der Waals surface area contributed by atoms with Gasteiger partial charge in [-0.25, -0.2) is 4.79 Å². The van der Waals surface area contributed by atoms with E-state index in [9.17, 15) is 19.7 Å². The number of amides is 1. The van der Waals surface area contributed by atoms with Crippen LogP contribution in [-0.2, 0) is 4.74 Å². The average molecular weight is 349 g/mol. The maximum atomic E-state index is 12.3. The van der Waals surface area contributed by atoms with Crippen molar-refractivity contribution in [3.63, 3.8) is 0 Å². The van der Waals surface area contributed by atoms with Crippen molar-refractivity contribution in [3.05, 3.63) is 33.9 Å². The van der Waals surface area contributed by atoms with Gasteiger partial charge in [-0.3, -0.25) is 14.9 Å². The van der Waals surface area contributed by atoms with Gasteiger partial charge in [-0.1, -0.05) is 0 Å². The first kappa shape index (κ1) is 18.7. The number of hydrogen-bond donors (Lipinski definition) is 0. The summed E-state index contributed by atoms with van der Waals surface area (Å²) < 4.78 is 5.41. The Bertz CT molecular complexity index is 683. The number of rotatable bonds is 3. The Morgan fingerprint density at radius 1 is 1.36 bits per heavy atom. The fourth-order valence-corrected chi connectivity index (χ4v) is 2.81. The number of anilines is 1. The molecule has 1 aromatic rings. The molecule has 0 bridgehead atoms. The minimum atomic E-state index is -0.559. The summed E-state index contributed by atoms with van der Waals surface area (Å²) >= 11 is 0. The smallest absolute Gasteiger partial charge is 0.410 e. The molecule has 2 rings (SSSR count). The highest BCUT2D eigenvalue weighted by atomic mass is 16.6. The third-order valence-electron chi connectivity index (χ3n) is 3.95. The summed E-state index contributed by atoms with van der Waals surface area (Å²) in [5, 5.41) is 10.9. The minimum absolute atomic E-state index is 0.113. The maximum absolute atomic E-state index is 12.3. The van der Waals surface area contributed by atoms with Gasteiger partial charge in [-0.2, -0.15) is 0 Å². The normalized spacial score (nSPS) is 18.0. The van der Waals surface area contributed by atoms with E-state index in [2.05, 4.69) is 0 Å². The second kappa shape index (κ2) is 7.08. The van der Waals surface area contributed by atoms with Gasteiger partial charge in [0.2, 0.25) is 0 Å². The Morgan fingerprint density at radius 2 is 2.04 bits per heavy atom. The molecule has 1 heterocycles. The Hall–Kier alpha value is -2.64. The zero-order chi connectivity index (χ0) is 18.8. The Labute approximate surface area is 146 Å². The molecule has 1 aromatic carbocycles. The highest BCUT2D eigenvalue weighted by Gasteiger charge is 2.31. The molecule has 1 saturated heterocycles. The number of non-ortho nitro benzene ring substituents is 1. The summed E-state index contributed by atoms with van der Waals surface area (Å²) in [5.74, 6) is 0. The van der Waals surface area contributed by atoms with Crippen LogP contribution in [0.25, 0.3) is 0 Å². The number of hydrogen-bond acceptors (Lipinski definition) is 6. The molecule has 0 aromatic heterocycles. The molecule has 1 unspecified atom stereocenters. The molecular formula is C17H23N3O5. The van der Waals surface area contributed by atoms with E-state index >= 15 is 0 Å². The molecule has 0 radical (unpaired) electrons. The summed E-state index contributed by atoms with van der Waals surface area (Å²) in [6.07, 6.45) is 0.256. The van der Waals surface area contributed by atoms with Crippen LogP contribution in [-0.4, -0.2) is 53.5 Å². The molecule has 0 N–H and O–H groups in total. The van der Waals surface area contributed by atoms with Crippen LogP contribution in [0.2, 0.25) is 0 Å². The van der Waals surface area contributed by atoms with Gasteiger partial charge < -0.3 is 14.5 Å². The number of piperazine rings is 1. The molecule has 1 aliphatic heterocycles. The zero-order valence-corrected chi connectivity index (χ0v) is 14.9. The maximum Gasteiger partial charge on any atom is 0.410 e. The number of nitrogens with zero attached hydrogens (tertiary/aromatic N) is 3. The number of nitro groups is 1. The summed E-state index contributed by atoms with van der Waals surface area (Å²) in [4.78, 5) is 37.5. The Morgan fingerprint density at radius 3 is 2.56 bits per heavy atom. The minimum Gasteiger partial charge on any atom is -0.444 e. The van der Waals surface area contributed by atoms with E-state index in [1.54, 1.807) is 11.0 Å². The third kappa shape index (κ3) is 4.46. The van der Waals surface area contributed by atoms with Crippen molar-refractivity contribution in [2.75, 3.05) is 24.5 Å². The SMILES string of the molecule is CC1CN(c2ccc([N+](=O)[O-])cc2C=O)CCN1C(=O)OC(C)(C)C. The molecular weight excluding hydrogens is 326 g/mol. The Kier molecular flexibility index (Phi) is 5.30. The van der Waals surface area contributed by atoms with Crippen LogP contribution in [0.15, 0.2) is 18.2 Å². The van der Waals surface area contributed by atoms with Gasteiger partial charge in [0.05, 0.1) is 4.92 Å². The highest BCUT2D eigenvalue weighted by molar-refractivity contribution is 5.86. The van der Waals surface area contributed by atoms with Crippen LogP contribution < -0.4 is 4.90 Å². The second-order valence-electron chi connectivity index (χ2n) is 7.09. The highest BCUT2D eigenvalue weighted by Crippen LogP contribution is 2.27. The number of carbonyl (C=O) groups is 2. The monoisotopic (exact) mass is 349 g/mol. The predicted molar refractivity (Wildman–Crippen MR) is 93.1 cm³/mol. The van der Waals surface area contributed by atoms with Crippen molar-refractivity contribution >= 4 is 23.8 Å². The topological polar surface area (TPSA) is 93.0 Å². The van der Waals surface area contributed by atoms with E-state index in [0.29, 0.717) is 31.6 Å². The molecule has 0 saturated carbocycles. The van der Waals surface area contributed by atoms with Crippen molar-refractivity contribution in [2.24, 2.45) is 0 Å². The lowest BCUT2D eigenvalue weighted by atomic mass is 10.1. The molecule has 1 aliphatic rings. The van der Waals surface area contributed by atoms with Gasteiger partial charge in [0.1, 0.15) is 5.60 Å². The van der Waals surface area contributed by atoms with Crippen LogP contribution in [0.5, 0.6) is 0 Å². The standard InChI is InChI=1S/C17H23N3O5/c1-12-10-18(7-8-19(12)16(22)25-17(2,3)4)15-6-5-14(20(23)24)9-13(15)11-21/h5-6,9,11-12H,7-8,10H2,1-4H3. The third-order valence-corrected chi connectivity index (χ3v) is 3.95. The molecule has 25 heavy (non-hydrogen) atoms. The van der Waals surface area contributed by atoms with Gasteiger partial charge >= 0.3 is 6.09 Å². The predicted octanol–water partition coefficient (Wildman–Crippen LogP) is 2.85. The van der Waals surface area contributed by atoms with E-state index in [-0.39, 0.29) is 23.4 Å². The van der Waals surface area contributed by atoms with E-state index in [1.165, 1.54) is 12.1 Å². The number of nitro benzene ring substituents is 1. The van der Waals surface area contributed by atoms with E-state index in [0.717, 1.165) is 0 Å². The molecule has 1 amide bonds. The van der Waals surface area contributed by atoms with E-state index < -0.39 is 10.5 Å². The van der Waals surface area contributed by atoms with Gasteiger partial charge in [0, 0.05) is 49.1 Å². The van der Waals surface area contributed by atoms with Crippen molar-refractivity contribution in [2.45, 2.75) is 39.3 Å². The van der Waals surface area contributed by atoms with Gasteiger partial charge in [-0.05, 0) is 33.8 Å². The first-order chi connectivity index (χ1) is 11.6. The summed E-state index contributed by atoms with van der Waals surface area (Å²) in [7, 11) is 0. The van der Waals surface area contributed by atoms with Crippen LogP contribution in [0, 0.1) is 10.1 Å². The fraction of sp³-hybridized carbons (Fsp3) is 0.529. The van der Waals surface area contributed by atoms with Crippen molar-refractivity contribution < 1.29 is 19.2 Å². The van der Waals surface area contributed by atoms with Gasteiger partial charge in [0.15, 0.2) is 6.29 Å². The zero-order valence-electron chi connectivity index (χ0n) is 14.9. The molecule has 136 valence electrons. The van der Waals surface area contributed by atoms with Crippen molar-refractivity contribution in [1.82, 2.24) is 4.90 Å². The van der Waals surface area contributed by atoms with E-state index in [1.807, 2.05) is 32.6 Å². The largest absolute Gasteiger partial charge is 0.444 e. The molecule has 0 aliphatic carbocycles. The lowest BCUT2D eigenvalue weighted by Crippen LogP contribution is -2.55. The van der Waals surface area contributed by atoms with Crippen LogP contribution in [0.3, 0.4) is 0 Å². The first-order valence-electron chi connectivity index (χ1n) is 8.10. The van der Waals surface area contributed by atoms with Crippen LogP contribution in [0.4, 0.5) is 16.2 Å². The lowest BCUT2D eigenvalue weighted by molar-refractivity contribution is -0.384. The number of carbonyl (C=O) groups excluding carboxylic acids is 2. The molecule has 1 fully saturated rings. The van der Waals surface area contributed by atoms with Crippen molar-refractivity contribution in [3.8, 4) is 0 Å². The van der Waals surface area contributed by atoms with Crippen LogP contribution >= 0.6 is 0 Å². The average Bonchev–Trinajstić information content (AvgIpc) is 2.52. The summed E-state index contributed by atoms with van der Waals surface area (Å²) in [6, 6.07) is 4.12.